The summed E-state index contributed by atoms with van der Waals surface area (Å²) in [6.45, 7) is 6.08. The van der Waals surface area contributed by atoms with Crippen LogP contribution in [0.15, 0.2) is 54.6 Å². The van der Waals surface area contributed by atoms with Crippen LogP contribution in [0.1, 0.15) is 49.7 Å². The fourth-order valence-corrected chi connectivity index (χ4v) is 3.80. The first-order chi connectivity index (χ1) is 11.5. The molecule has 1 saturated carbocycles. The topological polar surface area (TPSA) is 18.5 Å². The van der Waals surface area contributed by atoms with E-state index in [4.69, 9.17) is 21.1 Å². The molecule has 0 N–H and O–H groups in total. The molecule has 2 nitrogen and oxygen atoms in total. The van der Waals surface area contributed by atoms with Gasteiger partial charge < -0.3 is 9.47 Å². The fourth-order valence-electron chi connectivity index (χ4n) is 3.68. The number of rotatable bonds is 2. The van der Waals surface area contributed by atoms with Crippen molar-refractivity contribution in [3.05, 3.63) is 70.8 Å². The third kappa shape index (κ3) is 2.69. The van der Waals surface area contributed by atoms with E-state index in [0.29, 0.717) is 10.9 Å². The summed E-state index contributed by atoms with van der Waals surface area (Å²) in [5.74, 6) is 1.44. The van der Waals surface area contributed by atoms with Gasteiger partial charge >= 0.3 is 0 Å². The highest BCUT2D eigenvalue weighted by atomic mass is 35.5. The predicted octanol–water partition coefficient (Wildman–Crippen LogP) is 6.20. The van der Waals surface area contributed by atoms with Crippen molar-refractivity contribution >= 4 is 11.6 Å². The standard InChI is InChI=1S/C21H21ClO2/c1-14-6-8-15(9-7-14)18-4-3-5-19-20(18)24-21(2,23-19)16-10-12-17(22)13-11-16/h3-5,10-13,15H,1,6-9H2,2H3. The third-order valence-electron chi connectivity index (χ3n) is 5.11. The molecule has 0 radical (unpaired) electrons. The zero-order chi connectivity index (χ0) is 16.7. The Hall–Kier alpha value is -1.93. The van der Waals surface area contributed by atoms with Crippen molar-refractivity contribution in [3.63, 3.8) is 0 Å². The second-order valence-corrected chi connectivity index (χ2v) is 7.29. The van der Waals surface area contributed by atoms with E-state index in [1.807, 2.05) is 37.3 Å². The molecule has 4 rings (SSSR count). The van der Waals surface area contributed by atoms with Gasteiger partial charge in [0.05, 0.1) is 0 Å². The van der Waals surface area contributed by atoms with Gasteiger partial charge in [-0.2, -0.15) is 0 Å². The van der Waals surface area contributed by atoms with Gasteiger partial charge in [-0.15, -0.1) is 0 Å². The monoisotopic (exact) mass is 340 g/mol. The van der Waals surface area contributed by atoms with Gasteiger partial charge in [-0.1, -0.05) is 35.9 Å². The summed E-state index contributed by atoms with van der Waals surface area (Å²) >= 11 is 6.00. The third-order valence-corrected chi connectivity index (χ3v) is 5.36. The summed E-state index contributed by atoms with van der Waals surface area (Å²) in [5, 5.41) is 0.709. The second-order valence-electron chi connectivity index (χ2n) is 6.86. The van der Waals surface area contributed by atoms with E-state index in [0.717, 1.165) is 42.7 Å². The minimum Gasteiger partial charge on any atom is -0.445 e. The molecule has 1 heterocycles. The van der Waals surface area contributed by atoms with Crippen LogP contribution in [0, 0.1) is 0 Å². The highest BCUT2D eigenvalue weighted by Crippen LogP contribution is 2.50. The van der Waals surface area contributed by atoms with Crippen LogP contribution in [0.3, 0.4) is 0 Å². The van der Waals surface area contributed by atoms with E-state index in [1.165, 1.54) is 11.1 Å². The summed E-state index contributed by atoms with van der Waals surface area (Å²) < 4.78 is 12.5. The first-order valence-corrected chi connectivity index (χ1v) is 8.86. The van der Waals surface area contributed by atoms with E-state index in [9.17, 15) is 0 Å². The van der Waals surface area contributed by atoms with Crippen molar-refractivity contribution in [3.8, 4) is 11.5 Å². The lowest BCUT2D eigenvalue weighted by Crippen LogP contribution is -2.31. The second kappa shape index (κ2) is 5.86. The van der Waals surface area contributed by atoms with E-state index >= 15 is 0 Å². The molecule has 124 valence electrons. The van der Waals surface area contributed by atoms with E-state index < -0.39 is 5.79 Å². The van der Waals surface area contributed by atoms with Crippen molar-refractivity contribution in [2.45, 2.75) is 44.3 Å². The number of ether oxygens (including phenoxy) is 2. The maximum Gasteiger partial charge on any atom is 0.275 e. The van der Waals surface area contributed by atoms with Gasteiger partial charge in [0.2, 0.25) is 0 Å². The molecule has 1 aliphatic carbocycles. The van der Waals surface area contributed by atoms with Gasteiger partial charge in [0.15, 0.2) is 11.5 Å². The Morgan fingerprint density at radius 1 is 1.04 bits per heavy atom. The zero-order valence-electron chi connectivity index (χ0n) is 13.8. The van der Waals surface area contributed by atoms with Crippen molar-refractivity contribution in [1.82, 2.24) is 0 Å². The van der Waals surface area contributed by atoms with Gasteiger partial charge in [0.1, 0.15) is 0 Å². The van der Waals surface area contributed by atoms with Gasteiger partial charge in [-0.05, 0) is 61.9 Å². The number of hydrogen-bond acceptors (Lipinski definition) is 2. The molecule has 0 spiro atoms. The summed E-state index contributed by atoms with van der Waals surface area (Å²) in [6, 6.07) is 13.9. The van der Waals surface area contributed by atoms with Crippen LogP contribution in [0.25, 0.3) is 0 Å². The Morgan fingerprint density at radius 2 is 1.75 bits per heavy atom. The van der Waals surface area contributed by atoms with Gasteiger partial charge in [-0.25, -0.2) is 0 Å². The van der Waals surface area contributed by atoms with Gasteiger partial charge in [0.25, 0.3) is 5.79 Å². The van der Waals surface area contributed by atoms with Crippen LogP contribution in [-0.4, -0.2) is 0 Å². The summed E-state index contributed by atoms with van der Waals surface area (Å²) in [4.78, 5) is 0. The number of allylic oxidation sites excluding steroid dienone is 1. The molecular weight excluding hydrogens is 320 g/mol. The lowest BCUT2D eigenvalue weighted by Gasteiger charge is -2.26. The Labute approximate surface area is 148 Å². The Kier molecular flexibility index (Phi) is 3.80. The lowest BCUT2D eigenvalue weighted by molar-refractivity contribution is -0.0684. The maximum absolute atomic E-state index is 6.34. The summed E-state index contributed by atoms with van der Waals surface area (Å²) in [7, 11) is 0. The van der Waals surface area contributed by atoms with Gasteiger partial charge in [-0.3, -0.25) is 0 Å². The zero-order valence-corrected chi connectivity index (χ0v) is 14.6. The molecule has 0 amide bonds. The molecule has 1 unspecified atom stereocenters. The van der Waals surface area contributed by atoms with Crippen molar-refractivity contribution in [2.75, 3.05) is 0 Å². The summed E-state index contributed by atoms with van der Waals surface area (Å²) in [6.07, 6.45) is 4.47. The molecular formula is C21H21ClO2. The highest BCUT2D eigenvalue weighted by Gasteiger charge is 2.40. The summed E-state index contributed by atoms with van der Waals surface area (Å²) in [5.41, 5.74) is 3.59. The molecule has 0 aromatic heterocycles. The lowest BCUT2D eigenvalue weighted by atomic mass is 9.82. The average molecular weight is 341 g/mol. The molecule has 2 aromatic carbocycles. The number of fused-ring (bicyclic) bond motifs is 1. The van der Waals surface area contributed by atoms with Gasteiger partial charge in [0, 0.05) is 23.1 Å². The molecule has 1 fully saturated rings. The molecule has 0 bridgehead atoms. The Balaban J connectivity index is 1.65. The van der Waals surface area contributed by atoms with Crippen LogP contribution in [0.5, 0.6) is 11.5 Å². The predicted molar refractivity (Wildman–Crippen MR) is 96.9 cm³/mol. The van der Waals surface area contributed by atoms with E-state index in [2.05, 4.69) is 18.7 Å². The van der Waals surface area contributed by atoms with Crippen molar-refractivity contribution in [1.29, 1.82) is 0 Å². The maximum atomic E-state index is 6.34. The quantitative estimate of drug-likeness (QED) is 0.606. The fraction of sp³-hybridized carbons (Fsp3) is 0.333. The normalized spacial score (nSPS) is 23.5. The van der Waals surface area contributed by atoms with Crippen LogP contribution in [-0.2, 0) is 5.79 Å². The highest BCUT2D eigenvalue weighted by molar-refractivity contribution is 6.30. The van der Waals surface area contributed by atoms with Crippen molar-refractivity contribution < 1.29 is 9.47 Å². The molecule has 24 heavy (non-hydrogen) atoms. The minimum atomic E-state index is -0.804. The Morgan fingerprint density at radius 3 is 2.46 bits per heavy atom. The van der Waals surface area contributed by atoms with Crippen LogP contribution < -0.4 is 9.47 Å². The molecule has 2 aliphatic rings. The largest absolute Gasteiger partial charge is 0.445 e. The van der Waals surface area contributed by atoms with E-state index in [-0.39, 0.29) is 0 Å². The number of para-hydroxylation sites is 1. The van der Waals surface area contributed by atoms with Crippen molar-refractivity contribution in [2.24, 2.45) is 0 Å². The van der Waals surface area contributed by atoms with Crippen LogP contribution >= 0.6 is 11.6 Å². The van der Waals surface area contributed by atoms with Crippen LogP contribution in [0.4, 0.5) is 0 Å². The smallest absolute Gasteiger partial charge is 0.275 e. The molecule has 0 saturated heterocycles. The SMILES string of the molecule is C=C1CCC(c2cccc3c2OC(C)(c2ccc(Cl)cc2)O3)CC1. The number of benzene rings is 2. The van der Waals surface area contributed by atoms with E-state index in [1.54, 1.807) is 0 Å². The Bertz CT molecular complexity index is 771. The molecule has 1 aliphatic heterocycles. The molecule has 3 heteroatoms. The van der Waals surface area contributed by atoms with Crippen LogP contribution in [0.2, 0.25) is 5.02 Å². The molecule has 2 aromatic rings. The first-order valence-electron chi connectivity index (χ1n) is 8.49. The minimum absolute atomic E-state index is 0.515. The first kappa shape index (κ1) is 15.6. The number of halogens is 1. The average Bonchev–Trinajstić information content (AvgIpc) is 2.93. The molecule has 1 atom stereocenters. The number of hydrogen-bond donors (Lipinski definition) is 0.